The van der Waals surface area contributed by atoms with E-state index in [1.165, 1.54) is 5.57 Å². The van der Waals surface area contributed by atoms with Gasteiger partial charge in [-0.15, -0.1) is 0 Å². The number of nitrogens with one attached hydrogen (secondary N) is 3. The van der Waals surface area contributed by atoms with Crippen LogP contribution in [0, 0.1) is 6.92 Å². The first-order valence-corrected chi connectivity index (χ1v) is 9.15. The second kappa shape index (κ2) is 7.56. The number of hydrogen-bond donors (Lipinski definition) is 3. The molecule has 1 aromatic carbocycles. The summed E-state index contributed by atoms with van der Waals surface area (Å²) in [6, 6.07) is 10.8. The molecule has 7 heteroatoms. The summed E-state index contributed by atoms with van der Waals surface area (Å²) in [6.07, 6.45) is 6.50. The first-order chi connectivity index (χ1) is 13.6. The third-order valence-corrected chi connectivity index (χ3v) is 4.89. The van der Waals surface area contributed by atoms with E-state index in [0.29, 0.717) is 18.7 Å². The summed E-state index contributed by atoms with van der Waals surface area (Å²) < 4.78 is 0. The van der Waals surface area contributed by atoms with Crippen molar-refractivity contribution in [1.82, 2.24) is 25.7 Å². The van der Waals surface area contributed by atoms with Crippen molar-refractivity contribution in [2.75, 3.05) is 13.1 Å². The molecule has 0 fully saturated rings. The minimum Gasteiger partial charge on any atom is -0.346 e. The van der Waals surface area contributed by atoms with Crippen LogP contribution in [0.15, 0.2) is 54.9 Å². The topological polar surface area (TPSA) is 90.1 Å². The molecule has 7 nitrogen and oxygen atoms in total. The Bertz CT molecular complexity index is 1050. The highest BCUT2D eigenvalue weighted by molar-refractivity contribution is 5.95. The fourth-order valence-corrected chi connectivity index (χ4v) is 3.29. The number of nitrogens with zero attached hydrogens (tertiary/aromatic N) is 2. The smallest absolute Gasteiger partial charge is 0.336 e. The van der Waals surface area contributed by atoms with Gasteiger partial charge < -0.3 is 9.88 Å². The van der Waals surface area contributed by atoms with Crippen molar-refractivity contribution < 1.29 is 9.59 Å². The molecular formula is C21H21N5O2. The molecule has 0 atom stereocenters. The number of aromatic amines is 1. The average molecular weight is 375 g/mol. The molecule has 3 N–H and O–H groups in total. The molecule has 0 spiro atoms. The molecule has 0 saturated heterocycles. The van der Waals surface area contributed by atoms with E-state index in [2.05, 4.69) is 20.8 Å². The molecule has 3 amide bonds. The first-order valence-electron chi connectivity index (χ1n) is 9.15. The van der Waals surface area contributed by atoms with Gasteiger partial charge in [-0.3, -0.25) is 10.2 Å². The van der Waals surface area contributed by atoms with Crippen LogP contribution in [0.2, 0.25) is 0 Å². The second-order valence-corrected chi connectivity index (χ2v) is 6.78. The van der Waals surface area contributed by atoms with Crippen molar-refractivity contribution in [3.63, 3.8) is 0 Å². The third kappa shape index (κ3) is 3.59. The number of aryl methyl sites for hydroxylation is 1. The number of hydrazine groups is 1. The normalized spacial score (nSPS) is 13.9. The molecule has 0 bridgehead atoms. The highest BCUT2D eigenvalue weighted by atomic mass is 16.2. The van der Waals surface area contributed by atoms with Gasteiger partial charge in [-0.2, -0.15) is 0 Å². The summed E-state index contributed by atoms with van der Waals surface area (Å²) in [4.78, 5) is 33.6. The monoisotopic (exact) mass is 375 g/mol. The zero-order valence-electron chi connectivity index (χ0n) is 15.5. The number of benzene rings is 1. The van der Waals surface area contributed by atoms with Gasteiger partial charge in [0, 0.05) is 42.0 Å². The molecule has 3 aromatic rings. The van der Waals surface area contributed by atoms with E-state index in [1.807, 2.05) is 43.5 Å². The van der Waals surface area contributed by atoms with Gasteiger partial charge in [0.25, 0.3) is 5.91 Å². The van der Waals surface area contributed by atoms with Gasteiger partial charge in [-0.05, 0) is 43.2 Å². The SMILES string of the molecule is Cc1ccc(C(=O)NNC(=O)N2CC=C(c3c[nH]c4ncccc34)CC2)cc1. The summed E-state index contributed by atoms with van der Waals surface area (Å²) in [5, 5.41) is 1.08. The predicted octanol–water partition coefficient (Wildman–Crippen LogP) is 3.02. The predicted molar refractivity (Wildman–Crippen MR) is 107 cm³/mol. The van der Waals surface area contributed by atoms with E-state index in [9.17, 15) is 9.59 Å². The van der Waals surface area contributed by atoms with Crippen LogP contribution in [0.5, 0.6) is 0 Å². The van der Waals surface area contributed by atoms with Crippen molar-refractivity contribution in [3.05, 3.63) is 71.6 Å². The zero-order chi connectivity index (χ0) is 19.5. The van der Waals surface area contributed by atoms with Crippen molar-refractivity contribution in [2.45, 2.75) is 13.3 Å². The lowest BCUT2D eigenvalue weighted by Gasteiger charge is -2.26. The van der Waals surface area contributed by atoms with E-state index in [-0.39, 0.29) is 11.9 Å². The van der Waals surface area contributed by atoms with Crippen LogP contribution in [0.3, 0.4) is 0 Å². The van der Waals surface area contributed by atoms with Crippen LogP contribution in [0.4, 0.5) is 4.79 Å². The standard InChI is InChI=1S/C21H21N5O2/c1-14-4-6-16(7-5-14)20(27)24-25-21(28)26-11-8-15(9-12-26)18-13-23-19-17(18)3-2-10-22-19/h2-8,10,13H,9,11-12H2,1H3,(H,22,23)(H,24,27)(H,25,28). The van der Waals surface area contributed by atoms with Crippen molar-refractivity contribution in [2.24, 2.45) is 0 Å². The minimum absolute atomic E-state index is 0.323. The molecule has 2 aromatic heterocycles. The zero-order valence-corrected chi connectivity index (χ0v) is 15.5. The van der Waals surface area contributed by atoms with Gasteiger partial charge in [0.1, 0.15) is 5.65 Å². The quantitative estimate of drug-likeness (QED) is 0.602. The summed E-state index contributed by atoms with van der Waals surface area (Å²) in [6.45, 7) is 3.01. The maximum absolute atomic E-state index is 12.3. The average Bonchev–Trinajstić information content (AvgIpc) is 3.16. The molecule has 0 unspecified atom stereocenters. The van der Waals surface area contributed by atoms with Crippen molar-refractivity contribution in [1.29, 1.82) is 0 Å². The molecule has 1 aliphatic heterocycles. The van der Waals surface area contributed by atoms with E-state index < -0.39 is 0 Å². The number of carbonyl (C=O) groups excluding carboxylic acids is 2. The Balaban J connectivity index is 1.36. The molecule has 0 radical (unpaired) electrons. The van der Waals surface area contributed by atoms with Gasteiger partial charge in [-0.25, -0.2) is 15.2 Å². The molecule has 0 saturated carbocycles. The minimum atomic E-state index is -0.340. The van der Waals surface area contributed by atoms with E-state index in [0.717, 1.165) is 28.6 Å². The number of fused-ring (bicyclic) bond motifs is 1. The first kappa shape index (κ1) is 17.8. The number of rotatable bonds is 2. The van der Waals surface area contributed by atoms with E-state index in [4.69, 9.17) is 0 Å². The Labute approximate surface area is 162 Å². The molecule has 28 heavy (non-hydrogen) atoms. The Kier molecular flexibility index (Phi) is 4.80. The summed E-state index contributed by atoms with van der Waals surface area (Å²) >= 11 is 0. The Hall–Kier alpha value is -3.61. The number of hydrogen-bond acceptors (Lipinski definition) is 3. The number of amides is 3. The largest absolute Gasteiger partial charge is 0.346 e. The Morgan fingerprint density at radius 1 is 1.14 bits per heavy atom. The number of H-pyrrole nitrogens is 1. The summed E-state index contributed by atoms with van der Waals surface area (Å²) in [5.41, 5.74) is 9.69. The maximum atomic E-state index is 12.3. The molecule has 142 valence electrons. The number of urea groups is 1. The molecule has 1 aliphatic rings. The van der Waals surface area contributed by atoms with E-state index in [1.54, 1.807) is 23.2 Å². The second-order valence-electron chi connectivity index (χ2n) is 6.78. The summed E-state index contributed by atoms with van der Waals surface area (Å²) in [5.74, 6) is -0.340. The van der Waals surface area contributed by atoms with E-state index >= 15 is 0 Å². The van der Waals surface area contributed by atoms with Crippen LogP contribution in [-0.2, 0) is 0 Å². The highest BCUT2D eigenvalue weighted by Gasteiger charge is 2.20. The van der Waals surface area contributed by atoms with Crippen molar-refractivity contribution in [3.8, 4) is 0 Å². The lowest BCUT2D eigenvalue weighted by atomic mass is 10.00. The molecule has 3 heterocycles. The molecule has 0 aliphatic carbocycles. The maximum Gasteiger partial charge on any atom is 0.336 e. The fraction of sp³-hybridized carbons (Fsp3) is 0.190. The molecule has 4 rings (SSSR count). The van der Waals surface area contributed by atoms with Crippen LogP contribution in [0.1, 0.15) is 27.9 Å². The van der Waals surface area contributed by atoms with Gasteiger partial charge in [0.2, 0.25) is 0 Å². The highest BCUT2D eigenvalue weighted by Crippen LogP contribution is 2.28. The number of pyridine rings is 1. The third-order valence-electron chi connectivity index (χ3n) is 4.89. The van der Waals surface area contributed by atoms with Crippen LogP contribution in [-0.4, -0.2) is 39.9 Å². The van der Waals surface area contributed by atoms with Gasteiger partial charge in [0.05, 0.1) is 0 Å². The van der Waals surface area contributed by atoms with Crippen molar-refractivity contribution >= 4 is 28.5 Å². The number of aromatic nitrogens is 2. The Morgan fingerprint density at radius 2 is 1.96 bits per heavy atom. The lowest BCUT2D eigenvalue weighted by Crippen LogP contribution is -2.49. The summed E-state index contributed by atoms with van der Waals surface area (Å²) in [7, 11) is 0. The lowest BCUT2D eigenvalue weighted by molar-refractivity contribution is 0.0930. The van der Waals surface area contributed by atoms with Gasteiger partial charge in [0.15, 0.2) is 0 Å². The van der Waals surface area contributed by atoms with Crippen LogP contribution >= 0.6 is 0 Å². The van der Waals surface area contributed by atoms with Crippen LogP contribution < -0.4 is 10.9 Å². The number of carbonyl (C=O) groups is 2. The van der Waals surface area contributed by atoms with Gasteiger partial charge >= 0.3 is 6.03 Å². The van der Waals surface area contributed by atoms with Gasteiger partial charge in [-0.1, -0.05) is 23.8 Å². The van der Waals surface area contributed by atoms with Crippen LogP contribution in [0.25, 0.3) is 16.6 Å². The fourth-order valence-electron chi connectivity index (χ4n) is 3.29. The molecular weight excluding hydrogens is 354 g/mol. The Morgan fingerprint density at radius 3 is 2.71 bits per heavy atom.